The van der Waals surface area contributed by atoms with Crippen molar-refractivity contribution in [3.05, 3.63) is 22.8 Å². The molecule has 0 aliphatic rings. The average molecular weight is 256 g/mol. The van der Waals surface area contributed by atoms with Gasteiger partial charge in [-0.3, -0.25) is 4.79 Å². The first kappa shape index (κ1) is 13.8. The molecular weight excluding hydrogens is 238 g/mol. The molecule has 0 radical (unpaired) electrons. The first-order valence-corrected chi connectivity index (χ1v) is 5.99. The molecule has 1 rings (SSSR count). The molecule has 17 heavy (non-hydrogen) atoms. The molecule has 1 aromatic heterocycles. The van der Waals surface area contributed by atoms with Crippen molar-refractivity contribution in [1.82, 2.24) is 10.3 Å². The van der Waals surface area contributed by atoms with E-state index in [9.17, 15) is 4.79 Å². The predicted molar refractivity (Wildman–Crippen MR) is 70.0 cm³/mol. The van der Waals surface area contributed by atoms with E-state index in [1.807, 2.05) is 6.92 Å². The van der Waals surface area contributed by atoms with Gasteiger partial charge in [0.05, 0.1) is 10.6 Å². The highest BCUT2D eigenvalue weighted by Crippen LogP contribution is 2.17. The summed E-state index contributed by atoms with van der Waals surface area (Å²) in [7, 11) is 0. The molecule has 0 saturated carbocycles. The number of amides is 1. The van der Waals surface area contributed by atoms with Crippen LogP contribution in [0, 0.1) is 5.92 Å². The van der Waals surface area contributed by atoms with Gasteiger partial charge in [-0.05, 0) is 25.3 Å². The van der Waals surface area contributed by atoms with Crippen molar-refractivity contribution in [2.24, 2.45) is 5.92 Å². The predicted octanol–water partition coefficient (Wildman–Crippen LogP) is 2.48. The maximum Gasteiger partial charge on any atom is 0.253 e. The van der Waals surface area contributed by atoms with Gasteiger partial charge in [0.25, 0.3) is 5.91 Å². The lowest BCUT2D eigenvalue weighted by Crippen LogP contribution is -2.33. The maximum atomic E-state index is 11.9. The molecule has 1 atom stereocenters. The van der Waals surface area contributed by atoms with E-state index < -0.39 is 0 Å². The zero-order valence-electron chi connectivity index (χ0n) is 10.3. The van der Waals surface area contributed by atoms with Gasteiger partial charge in [-0.15, -0.1) is 0 Å². The largest absolute Gasteiger partial charge is 0.384 e. The maximum absolute atomic E-state index is 11.9. The van der Waals surface area contributed by atoms with Crippen LogP contribution in [0.25, 0.3) is 0 Å². The number of carbonyl (C=O) groups excluding carboxylic acids is 1. The van der Waals surface area contributed by atoms with E-state index in [0.29, 0.717) is 16.5 Å². The van der Waals surface area contributed by atoms with E-state index >= 15 is 0 Å². The molecule has 0 fully saturated rings. The van der Waals surface area contributed by atoms with Crippen LogP contribution in [-0.2, 0) is 0 Å². The number of nitrogens with one attached hydrogen (secondary N) is 1. The third-order valence-electron chi connectivity index (χ3n) is 2.32. The van der Waals surface area contributed by atoms with Gasteiger partial charge < -0.3 is 11.1 Å². The Morgan fingerprint density at radius 2 is 2.18 bits per heavy atom. The fraction of sp³-hybridized carbons (Fsp3) is 0.500. The summed E-state index contributed by atoms with van der Waals surface area (Å²) in [4.78, 5) is 15.7. The Morgan fingerprint density at radius 3 is 2.76 bits per heavy atom. The minimum Gasteiger partial charge on any atom is -0.384 e. The molecule has 0 saturated heterocycles. The molecule has 5 heteroatoms. The third-order valence-corrected chi connectivity index (χ3v) is 2.62. The smallest absolute Gasteiger partial charge is 0.253 e. The zero-order valence-corrected chi connectivity index (χ0v) is 11.1. The number of hydrogen-bond donors (Lipinski definition) is 2. The topological polar surface area (TPSA) is 68.0 Å². The van der Waals surface area contributed by atoms with E-state index in [1.54, 1.807) is 0 Å². The fourth-order valence-electron chi connectivity index (χ4n) is 1.70. The molecule has 1 aromatic rings. The number of carbonyl (C=O) groups is 1. The lowest BCUT2D eigenvalue weighted by Gasteiger charge is -2.16. The van der Waals surface area contributed by atoms with E-state index in [1.165, 1.54) is 12.3 Å². The highest BCUT2D eigenvalue weighted by molar-refractivity contribution is 6.33. The molecule has 94 valence electrons. The number of rotatable bonds is 4. The van der Waals surface area contributed by atoms with Crippen LogP contribution in [0.3, 0.4) is 0 Å². The van der Waals surface area contributed by atoms with Gasteiger partial charge in [-0.2, -0.15) is 0 Å². The van der Waals surface area contributed by atoms with Crippen molar-refractivity contribution in [3.63, 3.8) is 0 Å². The lowest BCUT2D eigenvalue weighted by molar-refractivity contribution is 0.0936. The normalized spacial score (nSPS) is 12.5. The lowest BCUT2D eigenvalue weighted by atomic mass is 10.0. The SMILES string of the molecule is CC(C)CC(C)NC(=O)c1cc(N)ncc1Cl. The summed E-state index contributed by atoms with van der Waals surface area (Å²) < 4.78 is 0. The van der Waals surface area contributed by atoms with Crippen LogP contribution < -0.4 is 11.1 Å². The number of aromatic nitrogens is 1. The molecule has 0 bridgehead atoms. The fourth-order valence-corrected chi connectivity index (χ4v) is 1.89. The Balaban J connectivity index is 2.73. The van der Waals surface area contributed by atoms with E-state index in [-0.39, 0.29) is 17.8 Å². The zero-order chi connectivity index (χ0) is 13.0. The van der Waals surface area contributed by atoms with Gasteiger partial charge in [-0.25, -0.2) is 4.98 Å². The summed E-state index contributed by atoms with van der Waals surface area (Å²) in [6, 6.07) is 1.59. The monoisotopic (exact) mass is 255 g/mol. The number of nitrogen functional groups attached to an aromatic ring is 1. The van der Waals surface area contributed by atoms with Crippen molar-refractivity contribution in [2.45, 2.75) is 33.2 Å². The van der Waals surface area contributed by atoms with Crippen LogP contribution in [0.15, 0.2) is 12.3 Å². The van der Waals surface area contributed by atoms with Gasteiger partial charge in [-0.1, -0.05) is 25.4 Å². The number of nitrogens with two attached hydrogens (primary N) is 1. The van der Waals surface area contributed by atoms with E-state index in [2.05, 4.69) is 24.1 Å². The second-order valence-corrected chi connectivity index (χ2v) is 5.00. The molecule has 1 amide bonds. The van der Waals surface area contributed by atoms with Crippen molar-refractivity contribution >= 4 is 23.3 Å². The Kier molecular flexibility index (Phi) is 4.75. The molecule has 1 unspecified atom stereocenters. The third kappa shape index (κ3) is 4.23. The molecule has 0 aliphatic carbocycles. The highest BCUT2D eigenvalue weighted by atomic mass is 35.5. The Labute approximate surface area is 107 Å². The number of hydrogen-bond acceptors (Lipinski definition) is 3. The van der Waals surface area contributed by atoms with Crippen molar-refractivity contribution in [1.29, 1.82) is 0 Å². The van der Waals surface area contributed by atoms with Crippen LogP contribution in [0.1, 0.15) is 37.6 Å². The first-order valence-electron chi connectivity index (χ1n) is 5.62. The van der Waals surface area contributed by atoms with E-state index in [0.717, 1.165) is 6.42 Å². The van der Waals surface area contributed by atoms with Crippen molar-refractivity contribution < 1.29 is 4.79 Å². The Morgan fingerprint density at radius 1 is 1.53 bits per heavy atom. The molecule has 1 heterocycles. The van der Waals surface area contributed by atoms with Gasteiger partial charge >= 0.3 is 0 Å². The molecular formula is C12H18ClN3O. The molecule has 4 nitrogen and oxygen atoms in total. The van der Waals surface area contributed by atoms with Crippen LogP contribution in [-0.4, -0.2) is 16.9 Å². The van der Waals surface area contributed by atoms with Crippen LogP contribution in [0.4, 0.5) is 5.82 Å². The summed E-state index contributed by atoms with van der Waals surface area (Å²) in [6.45, 7) is 6.19. The van der Waals surface area contributed by atoms with E-state index in [4.69, 9.17) is 17.3 Å². The van der Waals surface area contributed by atoms with Gasteiger partial charge in [0.1, 0.15) is 5.82 Å². The number of halogens is 1. The quantitative estimate of drug-likeness (QED) is 0.869. The van der Waals surface area contributed by atoms with Crippen molar-refractivity contribution in [3.8, 4) is 0 Å². The Bertz CT molecular complexity index is 407. The van der Waals surface area contributed by atoms with Crippen LogP contribution in [0.5, 0.6) is 0 Å². The van der Waals surface area contributed by atoms with Gasteiger partial charge in [0.15, 0.2) is 0 Å². The summed E-state index contributed by atoms with van der Waals surface area (Å²) in [5.41, 5.74) is 5.90. The second-order valence-electron chi connectivity index (χ2n) is 4.59. The standard InChI is InChI=1S/C12H18ClN3O/c1-7(2)4-8(3)16-12(17)9-5-11(14)15-6-10(9)13/h5-8H,4H2,1-3H3,(H2,14,15)(H,16,17). The summed E-state index contributed by atoms with van der Waals surface area (Å²) in [6.07, 6.45) is 2.31. The highest BCUT2D eigenvalue weighted by Gasteiger charge is 2.14. The molecule has 0 aliphatic heterocycles. The summed E-state index contributed by atoms with van der Waals surface area (Å²) >= 11 is 5.90. The average Bonchev–Trinajstić information content (AvgIpc) is 2.20. The van der Waals surface area contributed by atoms with Crippen LogP contribution in [0.2, 0.25) is 5.02 Å². The van der Waals surface area contributed by atoms with Gasteiger partial charge in [0, 0.05) is 12.2 Å². The number of nitrogens with zero attached hydrogens (tertiary/aromatic N) is 1. The second kappa shape index (κ2) is 5.87. The minimum atomic E-state index is -0.211. The molecule has 0 spiro atoms. The van der Waals surface area contributed by atoms with Crippen molar-refractivity contribution in [2.75, 3.05) is 5.73 Å². The van der Waals surface area contributed by atoms with Gasteiger partial charge in [0.2, 0.25) is 0 Å². The summed E-state index contributed by atoms with van der Waals surface area (Å²) in [5.74, 6) is 0.608. The molecule has 3 N–H and O–H groups in total. The summed E-state index contributed by atoms with van der Waals surface area (Å²) in [5, 5.41) is 3.20. The van der Waals surface area contributed by atoms with Crippen LogP contribution >= 0.6 is 11.6 Å². The number of pyridine rings is 1. The molecule has 0 aromatic carbocycles. The Hall–Kier alpha value is -1.29. The minimum absolute atomic E-state index is 0.105. The number of anilines is 1. The first-order chi connectivity index (χ1) is 7.90.